The third kappa shape index (κ3) is 4.44. The van der Waals surface area contributed by atoms with Crippen LogP contribution in [0.25, 0.3) is 22.4 Å². The van der Waals surface area contributed by atoms with Crippen molar-refractivity contribution in [3.05, 3.63) is 47.0 Å². The largest absolute Gasteiger partial charge is 0.364 e. The van der Waals surface area contributed by atoms with Crippen LogP contribution in [0.4, 0.5) is 11.8 Å². The quantitative estimate of drug-likeness (QED) is 0.325. The molecule has 1 aliphatic carbocycles. The zero-order chi connectivity index (χ0) is 21.8. The van der Waals surface area contributed by atoms with Crippen molar-refractivity contribution in [2.24, 2.45) is 5.73 Å². The van der Waals surface area contributed by atoms with E-state index in [0.29, 0.717) is 25.1 Å². The second kappa shape index (κ2) is 9.62. The van der Waals surface area contributed by atoms with Gasteiger partial charge >= 0.3 is 0 Å². The first-order valence-corrected chi connectivity index (χ1v) is 12.2. The van der Waals surface area contributed by atoms with Gasteiger partial charge in [0.1, 0.15) is 0 Å². The summed E-state index contributed by atoms with van der Waals surface area (Å²) in [5, 5.41) is 11.0. The minimum atomic E-state index is 0.466. The Bertz CT molecular complexity index is 1150. The normalized spacial score (nSPS) is 14.3. The van der Waals surface area contributed by atoms with E-state index in [1.54, 1.807) is 11.3 Å². The molecule has 0 aromatic carbocycles. The number of rotatable bonds is 9. The zero-order valence-corrected chi connectivity index (χ0v) is 18.8. The number of imidazole rings is 1. The van der Waals surface area contributed by atoms with Crippen LogP contribution in [0.3, 0.4) is 0 Å². The molecule has 9 heteroatoms. The first-order chi connectivity index (χ1) is 15.8. The standard InChI is InChI=1S/C23H28N8S/c24-9-3-10-25-23-29-21(20-22(30-23)31(15-28-20)18-4-1-2-5-18)27-13-16-6-7-19(26-12-16)17-8-11-32-14-17/h6-8,11-12,14-15,18H,1-5,9-10,13,24H2,(H2,25,27,29,30). The molecule has 4 aromatic rings. The number of anilines is 2. The number of nitrogens with two attached hydrogens (primary N) is 1. The predicted octanol–water partition coefficient (Wildman–Crippen LogP) is 4.44. The number of pyridine rings is 1. The van der Waals surface area contributed by atoms with Gasteiger partial charge in [0.05, 0.1) is 12.0 Å². The van der Waals surface area contributed by atoms with Crippen molar-refractivity contribution in [3.8, 4) is 11.3 Å². The molecule has 4 aromatic heterocycles. The molecule has 8 nitrogen and oxygen atoms in total. The van der Waals surface area contributed by atoms with Crippen molar-refractivity contribution in [2.75, 3.05) is 23.7 Å². The summed E-state index contributed by atoms with van der Waals surface area (Å²) in [7, 11) is 0. The van der Waals surface area contributed by atoms with Crippen molar-refractivity contribution < 1.29 is 0 Å². The molecule has 0 radical (unpaired) electrons. The van der Waals surface area contributed by atoms with Gasteiger partial charge in [-0.05, 0) is 48.9 Å². The number of thiophene rings is 1. The molecule has 0 amide bonds. The van der Waals surface area contributed by atoms with Crippen molar-refractivity contribution in [1.82, 2.24) is 24.5 Å². The lowest BCUT2D eigenvalue weighted by molar-refractivity contribution is 0.529. The summed E-state index contributed by atoms with van der Waals surface area (Å²) in [6, 6.07) is 6.71. The van der Waals surface area contributed by atoms with E-state index in [-0.39, 0.29) is 0 Å². The summed E-state index contributed by atoms with van der Waals surface area (Å²) in [5.74, 6) is 1.35. The highest BCUT2D eigenvalue weighted by Crippen LogP contribution is 2.33. The van der Waals surface area contributed by atoms with Gasteiger partial charge in [0, 0.05) is 36.3 Å². The fourth-order valence-electron chi connectivity index (χ4n) is 4.17. The third-order valence-electron chi connectivity index (χ3n) is 5.91. The van der Waals surface area contributed by atoms with E-state index in [0.717, 1.165) is 46.8 Å². The Labute approximate surface area is 191 Å². The third-order valence-corrected chi connectivity index (χ3v) is 6.59. The maximum Gasteiger partial charge on any atom is 0.226 e. The van der Waals surface area contributed by atoms with E-state index in [2.05, 4.69) is 54.1 Å². The summed E-state index contributed by atoms with van der Waals surface area (Å²) in [6.07, 6.45) is 9.57. The lowest BCUT2D eigenvalue weighted by Gasteiger charge is -2.14. The van der Waals surface area contributed by atoms with Crippen LogP contribution in [0.1, 0.15) is 43.7 Å². The molecule has 5 rings (SSSR count). The van der Waals surface area contributed by atoms with Crippen molar-refractivity contribution in [2.45, 2.75) is 44.7 Å². The second-order valence-electron chi connectivity index (χ2n) is 8.14. The van der Waals surface area contributed by atoms with Crippen LogP contribution in [-0.2, 0) is 6.54 Å². The Balaban J connectivity index is 1.39. The van der Waals surface area contributed by atoms with Crippen LogP contribution in [0.5, 0.6) is 0 Å². The Morgan fingerprint density at radius 1 is 1.09 bits per heavy atom. The van der Waals surface area contributed by atoms with Crippen LogP contribution in [0.2, 0.25) is 0 Å². The Hall–Kier alpha value is -3.04. The Kier molecular flexibility index (Phi) is 6.27. The summed E-state index contributed by atoms with van der Waals surface area (Å²) >= 11 is 1.68. The van der Waals surface area contributed by atoms with Gasteiger partial charge in [-0.15, -0.1) is 0 Å². The summed E-state index contributed by atoms with van der Waals surface area (Å²) < 4.78 is 2.22. The topological polar surface area (TPSA) is 107 Å². The molecule has 4 N–H and O–H groups in total. The van der Waals surface area contributed by atoms with E-state index < -0.39 is 0 Å². The SMILES string of the molecule is NCCCNc1nc(NCc2ccc(-c3ccsc3)nc2)c2ncn(C3CCCC3)c2n1. The molecule has 1 fully saturated rings. The minimum absolute atomic E-state index is 0.466. The fraction of sp³-hybridized carbons (Fsp3) is 0.391. The van der Waals surface area contributed by atoms with Gasteiger partial charge in [-0.2, -0.15) is 21.3 Å². The number of hydrogen-bond donors (Lipinski definition) is 3. The molecule has 0 unspecified atom stereocenters. The highest BCUT2D eigenvalue weighted by Gasteiger charge is 2.21. The number of nitrogens with zero attached hydrogens (tertiary/aromatic N) is 5. The number of hydrogen-bond acceptors (Lipinski definition) is 8. The molecule has 166 valence electrons. The number of nitrogens with one attached hydrogen (secondary N) is 2. The average Bonchev–Trinajstić information content (AvgIpc) is 3.59. The molecule has 0 saturated heterocycles. The van der Waals surface area contributed by atoms with E-state index >= 15 is 0 Å². The van der Waals surface area contributed by atoms with Crippen LogP contribution < -0.4 is 16.4 Å². The summed E-state index contributed by atoms with van der Waals surface area (Å²) in [5.41, 5.74) is 10.6. The van der Waals surface area contributed by atoms with Crippen LogP contribution in [0, 0.1) is 0 Å². The lowest BCUT2D eigenvalue weighted by Crippen LogP contribution is -2.13. The molecule has 0 spiro atoms. The minimum Gasteiger partial charge on any atom is -0.364 e. The van der Waals surface area contributed by atoms with Crippen molar-refractivity contribution in [1.29, 1.82) is 0 Å². The van der Waals surface area contributed by atoms with E-state index in [1.807, 2.05) is 12.5 Å². The molecular formula is C23H28N8S. The molecule has 0 atom stereocenters. The highest BCUT2D eigenvalue weighted by molar-refractivity contribution is 7.08. The van der Waals surface area contributed by atoms with Gasteiger partial charge in [0.15, 0.2) is 17.0 Å². The van der Waals surface area contributed by atoms with Crippen LogP contribution in [-0.4, -0.2) is 37.6 Å². The molecule has 1 aliphatic rings. The Morgan fingerprint density at radius 3 is 2.75 bits per heavy atom. The van der Waals surface area contributed by atoms with Crippen molar-refractivity contribution >= 4 is 34.3 Å². The van der Waals surface area contributed by atoms with Gasteiger partial charge in [0.25, 0.3) is 0 Å². The first kappa shape index (κ1) is 20.8. The molecular weight excluding hydrogens is 420 g/mol. The van der Waals surface area contributed by atoms with E-state index in [1.165, 1.54) is 25.7 Å². The molecule has 0 aliphatic heterocycles. The van der Waals surface area contributed by atoms with E-state index in [9.17, 15) is 0 Å². The summed E-state index contributed by atoms with van der Waals surface area (Å²) in [6.45, 7) is 1.99. The predicted molar refractivity (Wildman–Crippen MR) is 130 cm³/mol. The monoisotopic (exact) mass is 448 g/mol. The fourth-order valence-corrected chi connectivity index (χ4v) is 4.82. The maximum atomic E-state index is 5.64. The van der Waals surface area contributed by atoms with Gasteiger partial charge < -0.3 is 20.9 Å². The molecule has 32 heavy (non-hydrogen) atoms. The smallest absolute Gasteiger partial charge is 0.226 e. The van der Waals surface area contributed by atoms with Crippen LogP contribution >= 0.6 is 11.3 Å². The highest BCUT2D eigenvalue weighted by atomic mass is 32.1. The number of aromatic nitrogens is 5. The molecule has 1 saturated carbocycles. The van der Waals surface area contributed by atoms with E-state index in [4.69, 9.17) is 15.7 Å². The zero-order valence-electron chi connectivity index (χ0n) is 18.0. The first-order valence-electron chi connectivity index (χ1n) is 11.2. The van der Waals surface area contributed by atoms with Gasteiger partial charge in [-0.1, -0.05) is 18.9 Å². The molecule has 4 heterocycles. The van der Waals surface area contributed by atoms with Gasteiger partial charge in [-0.25, -0.2) is 4.98 Å². The van der Waals surface area contributed by atoms with Gasteiger partial charge in [0.2, 0.25) is 5.95 Å². The average molecular weight is 449 g/mol. The van der Waals surface area contributed by atoms with Gasteiger partial charge in [-0.3, -0.25) is 4.98 Å². The Morgan fingerprint density at radius 2 is 2.00 bits per heavy atom. The number of fused-ring (bicyclic) bond motifs is 1. The van der Waals surface area contributed by atoms with Crippen LogP contribution in [0.15, 0.2) is 41.5 Å². The summed E-state index contributed by atoms with van der Waals surface area (Å²) in [4.78, 5) is 18.8. The second-order valence-corrected chi connectivity index (χ2v) is 8.92. The maximum absolute atomic E-state index is 5.64. The lowest BCUT2D eigenvalue weighted by atomic mass is 10.2. The van der Waals surface area contributed by atoms with Crippen molar-refractivity contribution in [3.63, 3.8) is 0 Å². The molecule has 0 bridgehead atoms.